The summed E-state index contributed by atoms with van der Waals surface area (Å²) in [5, 5.41) is 9.70. The normalized spacial score (nSPS) is 17.3. The number of thiophene rings is 1. The molecule has 1 N–H and O–H groups in total. The van der Waals surface area contributed by atoms with Gasteiger partial charge in [-0.05, 0) is 55.3 Å². The maximum atomic E-state index is 12.9. The number of carbonyl (C=O) groups is 1. The van der Waals surface area contributed by atoms with E-state index in [0.717, 1.165) is 44.0 Å². The van der Waals surface area contributed by atoms with Crippen molar-refractivity contribution in [2.75, 3.05) is 19.6 Å². The summed E-state index contributed by atoms with van der Waals surface area (Å²) in [6, 6.07) is 10.0. The van der Waals surface area contributed by atoms with E-state index in [-0.39, 0.29) is 5.91 Å². The zero-order valence-corrected chi connectivity index (χ0v) is 17.6. The van der Waals surface area contributed by atoms with E-state index in [9.17, 15) is 4.79 Å². The van der Waals surface area contributed by atoms with Crippen molar-refractivity contribution < 1.29 is 4.79 Å². The SMILES string of the molecule is CCc1c(C(=O)NCC2CCCN(Cc3cccs3)C2)cnn1-c1ccccn1. The van der Waals surface area contributed by atoms with Gasteiger partial charge in [-0.2, -0.15) is 5.10 Å². The van der Waals surface area contributed by atoms with E-state index < -0.39 is 0 Å². The number of aromatic nitrogens is 3. The third kappa shape index (κ3) is 4.74. The Balaban J connectivity index is 1.36. The van der Waals surface area contributed by atoms with Crippen LogP contribution in [0.15, 0.2) is 48.1 Å². The highest BCUT2D eigenvalue weighted by Gasteiger charge is 2.22. The molecule has 3 aromatic rings. The second-order valence-electron chi connectivity index (χ2n) is 7.49. The average Bonchev–Trinajstić information content (AvgIpc) is 3.42. The molecule has 6 nitrogen and oxygen atoms in total. The molecule has 7 heteroatoms. The first-order chi connectivity index (χ1) is 14.2. The Morgan fingerprint density at radius 3 is 3.00 bits per heavy atom. The maximum Gasteiger partial charge on any atom is 0.254 e. The van der Waals surface area contributed by atoms with Gasteiger partial charge < -0.3 is 5.32 Å². The van der Waals surface area contributed by atoms with Crippen LogP contribution in [0.3, 0.4) is 0 Å². The fraction of sp³-hybridized carbons (Fsp3) is 0.409. The summed E-state index contributed by atoms with van der Waals surface area (Å²) in [5.74, 6) is 1.18. The van der Waals surface area contributed by atoms with Crippen LogP contribution in [0.4, 0.5) is 0 Å². The summed E-state index contributed by atoms with van der Waals surface area (Å²) in [6.45, 7) is 5.93. The third-order valence-corrected chi connectivity index (χ3v) is 6.29. The fourth-order valence-corrected chi connectivity index (χ4v) is 4.74. The van der Waals surface area contributed by atoms with E-state index in [1.807, 2.05) is 36.5 Å². The number of hydrogen-bond donors (Lipinski definition) is 1. The number of nitrogens with one attached hydrogen (secondary N) is 1. The number of nitrogens with zero attached hydrogens (tertiary/aromatic N) is 4. The van der Waals surface area contributed by atoms with E-state index in [2.05, 4.69) is 37.8 Å². The molecule has 3 aromatic heterocycles. The minimum atomic E-state index is -0.0422. The molecule has 1 atom stereocenters. The number of amides is 1. The van der Waals surface area contributed by atoms with Crippen molar-refractivity contribution in [1.29, 1.82) is 0 Å². The number of rotatable bonds is 7. The fourth-order valence-electron chi connectivity index (χ4n) is 4.00. The van der Waals surface area contributed by atoms with E-state index in [0.29, 0.717) is 18.0 Å². The highest BCUT2D eigenvalue weighted by atomic mass is 32.1. The topological polar surface area (TPSA) is 63.1 Å². The summed E-state index contributed by atoms with van der Waals surface area (Å²) < 4.78 is 1.76. The first-order valence-corrected chi connectivity index (χ1v) is 11.1. The van der Waals surface area contributed by atoms with Crippen LogP contribution in [0.2, 0.25) is 0 Å². The van der Waals surface area contributed by atoms with Crippen molar-refractivity contribution in [3.63, 3.8) is 0 Å². The molecule has 1 amide bonds. The van der Waals surface area contributed by atoms with Crippen LogP contribution in [-0.4, -0.2) is 45.2 Å². The molecule has 29 heavy (non-hydrogen) atoms. The van der Waals surface area contributed by atoms with Gasteiger partial charge in [-0.15, -0.1) is 11.3 Å². The molecular weight excluding hydrogens is 382 g/mol. The van der Waals surface area contributed by atoms with Crippen molar-refractivity contribution in [3.05, 3.63) is 64.2 Å². The van der Waals surface area contributed by atoms with Gasteiger partial charge in [0.05, 0.1) is 17.5 Å². The molecule has 0 radical (unpaired) electrons. The van der Waals surface area contributed by atoms with Gasteiger partial charge in [0.1, 0.15) is 0 Å². The largest absolute Gasteiger partial charge is 0.352 e. The maximum absolute atomic E-state index is 12.9. The van der Waals surface area contributed by atoms with Crippen LogP contribution >= 0.6 is 11.3 Å². The van der Waals surface area contributed by atoms with Crippen LogP contribution < -0.4 is 5.32 Å². The summed E-state index contributed by atoms with van der Waals surface area (Å²) in [7, 11) is 0. The lowest BCUT2D eigenvalue weighted by Gasteiger charge is -2.32. The first kappa shape index (κ1) is 19.8. The zero-order chi connectivity index (χ0) is 20.1. The van der Waals surface area contributed by atoms with Gasteiger partial charge in [0.25, 0.3) is 5.91 Å². The third-order valence-electron chi connectivity index (χ3n) is 5.43. The molecule has 1 unspecified atom stereocenters. The molecular formula is C22H27N5OS. The Morgan fingerprint density at radius 1 is 1.31 bits per heavy atom. The molecule has 4 rings (SSSR count). The van der Waals surface area contributed by atoms with Gasteiger partial charge >= 0.3 is 0 Å². The van der Waals surface area contributed by atoms with Crippen LogP contribution in [0, 0.1) is 5.92 Å². The Hall–Kier alpha value is -2.51. The second kappa shape index (κ2) is 9.33. The van der Waals surface area contributed by atoms with Crippen molar-refractivity contribution in [3.8, 4) is 5.82 Å². The number of carbonyl (C=O) groups excluding carboxylic acids is 1. The minimum absolute atomic E-state index is 0.0422. The molecule has 0 aromatic carbocycles. The second-order valence-corrected chi connectivity index (χ2v) is 8.52. The predicted octanol–water partition coefficient (Wildman–Crippen LogP) is 3.53. The summed E-state index contributed by atoms with van der Waals surface area (Å²) in [5.41, 5.74) is 1.54. The van der Waals surface area contributed by atoms with E-state index in [1.54, 1.807) is 17.1 Å². The van der Waals surface area contributed by atoms with Crippen molar-refractivity contribution in [2.45, 2.75) is 32.7 Å². The zero-order valence-electron chi connectivity index (χ0n) is 16.8. The van der Waals surface area contributed by atoms with Crippen LogP contribution in [0.25, 0.3) is 5.82 Å². The van der Waals surface area contributed by atoms with Gasteiger partial charge in [0, 0.05) is 30.7 Å². The molecule has 0 bridgehead atoms. The Bertz CT molecular complexity index is 922. The van der Waals surface area contributed by atoms with E-state index in [1.165, 1.54) is 11.3 Å². The van der Waals surface area contributed by atoms with Crippen LogP contribution in [0.1, 0.15) is 40.7 Å². The highest BCUT2D eigenvalue weighted by molar-refractivity contribution is 7.09. The van der Waals surface area contributed by atoms with Gasteiger partial charge in [-0.1, -0.05) is 19.1 Å². The lowest BCUT2D eigenvalue weighted by molar-refractivity contribution is 0.0930. The standard InChI is InChI=1S/C22H27N5OS/c1-2-20-19(14-25-27(20)21-9-3-4-10-23-21)22(28)24-13-17-7-5-11-26(15-17)16-18-8-6-12-29-18/h3-4,6,8-10,12,14,17H,2,5,7,11,13,15-16H2,1H3,(H,24,28). The van der Waals surface area contributed by atoms with Gasteiger partial charge in [0.2, 0.25) is 0 Å². The Kier molecular flexibility index (Phi) is 6.36. The monoisotopic (exact) mass is 409 g/mol. The molecule has 1 saturated heterocycles. The molecule has 0 spiro atoms. The highest BCUT2D eigenvalue weighted by Crippen LogP contribution is 2.20. The molecule has 1 fully saturated rings. The molecule has 0 saturated carbocycles. The van der Waals surface area contributed by atoms with Crippen molar-refractivity contribution in [2.24, 2.45) is 5.92 Å². The number of likely N-dealkylation sites (tertiary alicyclic amines) is 1. The summed E-state index contributed by atoms with van der Waals surface area (Å²) in [6.07, 6.45) is 6.46. The number of piperidine rings is 1. The number of pyridine rings is 1. The molecule has 1 aliphatic heterocycles. The van der Waals surface area contributed by atoms with E-state index in [4.69, 9.17) is 0 Å². The Labute approximate surface area is 175 Å². The van der Waals surface area contributed by atoms with Gasteiger partial charge in [-0.3, -0.25) is 9.69 Å². The lowest BCUT2D eigenvalue weighted by Crippen LogP contribution is -2.40. The first-order valence-electron chi connectivity index (χ1n) is 10.3. The van der Waals surface area contributed by atoms with Crippen LogP contribution in [-0.2, 0) is 13.0 Å². The lowest BCUT2D eigenvalue weighted by atomic mass is 9.97. The summed E-state index contributed by atoms with van der Waals surface area (Å²) >= 11 is 1.81. The molecule has 1 aliphatic rings. The van der Waals surface area contributed by atoms with Gasteiger partial charge in [0.15, 0.2) is 5.82 Å². The summed E-state index contributed by atoms with van der Waals surface area (Å²) in [4.78, 5) is 21.1. The van der Waals surface area contributed by atoms with Crippen molar-refractivity contribution >= 4 is 17.2 Å². The smallest absolute Gasteiger partial charge is 0.254 e. The quantitative estimate of drug-likeness (QED) is 0.648. The molecule has 4 heterocycles. The van der Waals surface area contributed by atoms with Crippen molar-refractivity contribution in [1.82, 2.24) is 25.0 Å². The van der Waals surface area contributed by atoms with Gasteiger partial charge in [-0.25, -0.2) is 9.67 Å². The number of hydrogen-bond acceptors (Lipinski definition) is 5. The molecule has 0 aliphatic carbocycles. The Morgan fingerprint density at radius 2 is 2.24 bits per heavy atom. The minimum Gasteiger partial charge on any atom is -0.352 e. The van der Waals surface area contributed by atoms with Crippen LogP contribution in [0.5, 0.6) is 0 Å². The average molecular weight is 410 g/mol. The molecule has 152 valence electrons. The van der Waals surface area contributed by atoms with E-state index >= 15 is 0 Å². The predicted molar refractivity (Wildman–Crippen MR) is 115 cm³/mol.